The van der Waals surface area contributed by atoms with Gasteiger partial charge >= 0.3 is 6.03 Å². The van der Waals surface area contributed by atoms with E-state index >= 15 is 0 Å². The molecule has 0 spiro atoms. The average molecular weight is 199 g/mol. The van der Waals surface area contributed by atoms with Crippen molar-refractivity contribution >= 4 is 11.9 Å². The number of nitrogens with zero attached hydrogens (tertiary/aromatic N) is 2. The largest absolute Gasteiger partial charge is 0.390 e. The zero-order valence-electron chi connectivity index (χ0n) is 7.77. The van der Waals surface area contributed by atoms with Crippen LogP contribution in [0.1, 0.15) is 0 Å². The molecule has 0 saturated carbocycles. The van der Waals surface area contributed by atoms with E-state index in [1.807, 2.05) is 4.90 Å². The van der Waals surface area contributed by atoms with Crippen molar-refractivity contribution in [3.05, 3.63) is 0 Å². The highest BCUT2D eigenvalue weighted by Crippen LogP contribution is 2.07. The minimum absolute atomic E-state index is 0.113. The van der Waals surface area contributed by atoms with Gasteiger partial charge in [-0.05, 0) is 0 Å². The van der Waals surface area contributed by atoms with Crippen LogP contribution in [0.2, 0.25) is 0 Å². The van der Waals surface area contributed by atoms with Gasteiger partial charge in [0.25, 0.3) is 0 Å². The van der Waals surface area contributed by atoms with Crippen LogP contribution >= 0.6 is 0 Å². The first kappa shape index (κ1) is 9.42. The van der Waals surface area contributed by atoms with Gasteiger partial charge in [0, 0.05) is 26.2 Å². The fourth-order valence-electron chi connectivity index (χ4n) is 1.65. The van der Waals surface area contributed by atoms with E-state index in [0.29, 0.717) is 26.2 Å². The van der Waals surface area contributed by atoms with Crippen molar-refractivity contribution in [1.82, 2.24) is 15.1 Å². The van der Waals surface area contributed by atoms with Crippen LogP contribution in [0.15, 0.2) is 0 Å². The van der Waals surface area contributed by atoms with Gasteiger partial charge in [0.05, 0.1) is 12.6 Å². The monoisotopic (exact) mass is 199 g/mol. The summed E-state index contributed by atoms with van der Waals surface area (Å²) in [5.74, 6) is -0.170. The Bertz CT molecular complexity index is 247. The molecule has 0 unspecified atom stereocenters. The SMILES string of the molecule is O=C1CNC(=O)N1CCN1CC(O)C1. The lowest BCUT2D eigenvalue weighted by atomic mass is 10.2. The van der Waals surface area contributed by atoms with Crippen molar-refractivity contribution in [2.75, 3.05) is 32.7 Å². The number of urea groups is 1. The predicted octanol–water partition coefficient (Wildman–Crippen LogP) is -1.79. The quantitative estimate of drug-likeness (QED) is 0.527. The summed E-state index contributed by atoms with van der Waals surface area (Å²) in [5.41, 5.74) is 0. The topological polar surface area (TPSA) is 72.9 Å². The molecule has 0 atom stereocenters. The van der Waals surface area contributed by atoms with Crippen molar-refractivity contribution in [2.24, 2.45) is 0 Å². The molecule has 2 saturated heterocycles. The van der Waals surface area contributed by atoms with Crippen LogP contribution in [0.25, 0.3) is 0 Å². The molecule has 2 fully saturated rings. The Balaban J connectivity index is 1.74. The summed E-state index contributed by atoms with van der Waals surface area (Å²) in [6.45, 7) is 2.46. The number of likely N-dealkylation sites (tertiary alicyclic amines) is 1. The molecule has 14 heavy (non-hydrogen) atoms. The number of carbonyl (C=O) groups excluding carboxylic acids is 2. The van der Waals surface area contributed by atoms with Crippen LogP contribution < -0.4 is 5.32 Å². The highest BCUT2D eigenvalue weighted by molar-refractivity contribution is 6.01. The highest BCUT2D eigenvalue weighted by Gasteiger charge is 2.30. The molecular weight excluding hydrogens is 186 g/mol. The zero-order valence-corrected chi connectivity index (χ0v) is 7.77. The number of carbonyl (C=O) groups is 2. The molecule has 0 aromatic carbocycles. The lowest BCUT2D eigenvalue weighted by Crippen LogP contribution is -2.53. The van der Waals surface area contributed by atoms with Crippen molar-refractivity contribution in [2.45, 2.75) is 6.10 Å². The van der Waals surface area contributed by atoms with E-state index in [1.54, 1.807) is 0 Å². The number of nitrogens with one attached hydrogen (secondary N) is 1. The number of β-amino-alcohol motifs (C(OH)–C–C–N with tert-alkyl or cyclic N) is 1. The predicted molar refractivity (Wildman–Crippen MR) is 47.6 cm³/mol. The van der Waals surface area contributed by atoms with Gasteiger partial charge < -0.3 is 10.4 Å². The number of aliphatic hydroxyl groups excluding tert-OH is 1. The normalized spacial score (nSPS) is 23.9. The maximum absolute atomic E-state index is 11.1. The van der Waals surface area contributed by atoms with Crippen molar-refractivity contribution in [3.8, 4) is 0 Å². The third kappa shape index (κ3) is 1.71. The van der Waals surface area contributed by atoms with Crippen LogP contribution in [0.4, 0.5) is 4.79 Å². The number of imide groups is 1. The molecular formula is C8H13N3O3. The van der Waals surface area contributed by atoms with E-state index in [2.05, 4.69) is 5.32 Å². The van der Waals surface area contributed by atoms with Gasteiger partial charge in [0.1, 0.15) is 0 Å². The maximum Gasteiger partial charge on any atom is 0.324 e. The molecule has 0 aromatic heterocycles. The third-order valence-corrected chi connectivity index (χ3v) is 2.51. The Kier molecular flexibility index (Phi) is 2.39. The first-order chi connectivity index (χ1) is 6.66. The Labute approximate surface area is 81.5 Å². The minimum atomic E-state index is -0.309. The van der Waals surface area contributed by atoms with Crippen LogP contribution in [0, 0.1) is 0 Å². The Morgan fingerprint density at radius 1 is 1.36 bits per heavy atom. The van der Waals surface area contributed by atoms with Crippen LogP contribution in [-0.2, 0) is 4.79 Å². The number of hydrogen-bond donors (Lipinski definition) is 2. The van der Waals surface area contributed by atoms with Gasteiger partial charge in [0.2, 0.25) is 5.91 Å². The number of hydrogen-bond acceptors (Lipinski definition) is 4. The summed E-state index contributed by atoms with van der Waals surface area (Å²) in [5, 5.41) is 11.5. The molecule has 2 N–H and O–H groups in total. The number of amides is 3. The smallest absolute Gasteiger partial charge is 0.324 e. The van der Waals surface area contributed by atoms with E-state index in [9.17, 15) is 9.59 Å². The summed E-state index contributed by atoms with van der Waals surface area (Å²) in [7, 11) is 0. The van der Waals surface area contributed by atoms with E-state index in [-0.39, 0.29) is 24.6 Å². The zero-order chi connectivity index (χ0) is 10.1. The number of rotatable bonds is 3. The maximum atomic E-state index is 11.1. The summed E-state index contributed by atoms with van der Waals surface area (Å²) in [6.07, 6.45) is -0.238. The van der Waals surface area contributed by atoms with Crippen molar-refractivity contribution in [1.29, 1.82) is 0 Å². The van der Waals surface area contributed by atoms with Gasteiger partial charge in [-0.15, -0.1) is 0 Å². The Morgan fingerprint density at radius 3 is 2.57 bits per heavy atom. The molecule has 0 bridgehead atoms. The van der Waals surface area contributed by atoms with Crippen LogP contribution in [-0.4, -0.2) is 65.7 Å². The lowest BCUT2D eigenvalue weighted by molar-refractivity contribution is -0.125. The fourth-order valence-corrected chi connectivity index (χ4v) is 1.65. The second-order valence-corrected chi connectivity index (χ2v) is 3.62. The van der Waals surface area contributed by atoms with Crippen LogP contribution in [0.3, 0.4) is 0 Å². The molecule has 3 amide bonds. The van der Waals surface area contributed by atoms with Gasteiger partial charge in [0.15, 0.2) is 0 Å². The first-order valence-corrected chi connectivity index (χ1v) is 4.65. The summed E-state index contributed by atoms with van der Waals surface area (Å²) in [6, 6.07) is -0.309. The molecule has 2 rings (SSSR count). The first-order valence-electron chi connectivity index (χ1n) is 4.65. The van der Waals surface area contributed by atoms with E-state index in [0.717, 1.165) is 0 Å². The summed E-state index contributed by atoms with van der Waals surface area (Å²) in [4.78, 5) is 25.5. The second-order valence-electron chi connectivity index (χ2n) is 3.62. The molecule has 2 aliphatic rings. The Hall–Kier alpha value is -1.14. The molecule has 0 aliphatic carbocycles. The molecule has 2 heterocycles. The third-order valence-electron chi connectivity index (χ3n) is 2.51. The van der Waals surface area contributed by atoms with Crippen LogP contribution in [0.5, 0.6) is 0 Å². The molecule has 78 valence electrons. The van der Waals surface area contributed by atoms with E-state index in [1.165, 1.54) is 4.90 Å². The molecule has 2 aliphatic heterocycles. The molecule has 0 radical (unpaired) electrons. The standard InChI is InChI=1S/C8H13N3O3/c12-6-4-10(5-6)1-2-11-7(13)3-9-8(11)14/h6,12H,1-5H2,(H,9,14). The Morgan fingerprint density at radius 2 is 2.07 bits per heavy atom. The average Bonchev–Trinajstić information content (AvgIpc) is 2.40. The summed E-state index contributed by atoms with van der Waals surface area (Å²) >= 11 is 0. The van der Waals surface area contributed by atoms with Crippen molar-refractivity contribution in [3.63, 3.8) is 0 Å². The van der Waals surface area contributed by atoms with Gasteiger partial charge in [-0.25, -0.2) is 4.79 Å². The van der Waals surface area contributed by atoms with E-state index < -0.39 is 0 Å². The fraction of sp³-hybridized carbons (Fsp3) is 0.750. The molecule has 0 aromatic rings. The van der Waals surface area contributed by atoms with Gasteiger partial charge in [-0.1, -0.05) is 0 Å². The molecule has 6 nitrogen and oxygen atoms in total. The minimum Gasteiger partial charge on any atom is -0.390 e. The van der Waals surface area contributed by atoms with Gasteiger partial charge in [-0.2, -0.15) is 0 Å². The highest BCUT2D eigenvalue weighted by atomic mass is 16.3. The van der Waals surface area contributed by atoms with Gasteiger partial charge in [-0.3, -0.25) is 14.6 Å². The lowest BCUT2D eigenvalue weighted by Gasteiger charge is -2.36. The van der Waals surface area contributed by atoms with Crippen molar-refractivity contribution < 1.29 is 14.7 Å². The molecule has 6 heteroatoms. The van der Waals surface area contributed by atoms with E-state index in [4.69, 9.17) is 5.11 Å². The second kappa shape index (κ2) is 3.55. The number of aliphatic hydroxyl groups is 1. The summed E-state index contributed by atoms with van der Waals surface area (Å²) < 4.78 is 0.